The summed E-state index contributed by atoms with van der Waals surface area (Å²) in [6.07, 6.45) is -0.926. The number of hydrogen-bond acceptors (Lipinski definition) is 6. The molecule has 7 heteroatoms. The van der Waals surface area contributed by atoms with Crippen molar-refractivity contribution in [2.75, 3.05) is 7.11 Å². The van der Waals surface area contributed by atoms with Gasteiger partial charge in [-0.1, -0.05) is 42.0 Å². The fourth-order valence-corrected chi connectivity index (χ4v) is 3.34. The molecule has 1 aromatic heterocycles. The van der Waals surface area contributed by atoms with Crippen molar-refractivity contribution in [2.45, 2.75) is 26.5 Å². The molecule has 0 radical (unpaired) electrons. The van der Waals surface area contributed by atoms with Gasteiger partial charge < -0.3 is 14.8 Å². The molecule has 29 heavy (non-hydrogen) atoms. The molecule has 1 N–H and O–H groups in total. The van der Waals surface area contributed by atoms with Crippen molar-refractivity contribution in [3.63, 3.8) is 0 Å². The SMILES string of the molecule is COc1ccc(CNC(=O)[C@H](C)OC(=O)c2csc(-c3ccc(C)cc3)n2)cc1. The highest BCUT2D eigenvalue weighted by molar-refractivity contribution is 7.13. The lowest BCUT2D eigenvalue weighted by Crippen LogP contribution is -2.35. The Balaban J connectivity index is 1.54. The zero-order valence-electron chi connectivity index (χ0n) is 16.5. The summed E-state index contributed by atoms with van der Waals surface area (Å²) in [5, 5.41) is 5.12. The summed E-state index contributed by atoms with van der Waals surface area (Å²) in [5.74, 6) is -0.245. The Labute approximate surface area is 173 Å². The van der Waals surface area contributed by atoms with Crippen LogP contribution in [-0.4, -0.2) is 30.1 Å². The van der Waals surface area contributed by atoms with Crippen molar-refractivity contribution in [1.82, 2.24) is 10.3 Å². The molecule has 0 spiro atoms. The lowest BCUT2D eigenvalue weighted by Gasteiger charge is -2.13. The second kappa shape index (κ2) is 9.34. The molecule has 0 aliphatic carbocycles. The van der Waals surface area contributed by atoms with Gasteiger partial charge in [0, 0.05) is 17.5 Å². The number of nitrogens with zero attached hydrogens (tertiary/aromatic N) is 1. The average molecular weight is 410 g/mol. The maximum absolute atomic E-state index is 12.3. The second-order valence-corrected chi connectivity index (χ2v) is 7.38. The van der Waals surface area contributed by atoms with E-state index in [2.05, 4.69) is 10.3 Å². The van der Waals surface area contributed by atoms with E-state index in [1.165, 1.54) is 18.3 Å². The first-order valence-electron chi connectivity index (χ1n) is 9.10. The number of carbonyl (C=O) groups is 2. The minimum atomic E-state index is -0.926. The monoisotopic (exact) mass is 410 g/mol. The van der Waals surface area contributed by atoms with Crippen molar-refractivity contribution < 1.29 is 19.1 Å². The Kier molecular flexibility index (Phi) is 6.61. The van der Waals surface area contributed by atoms with Crippen LogP contribution in [0, 0.1) is 6.92 Å². The van der Waals surface area contributed by atoms with Crippen LogP contribution in [0.15, 0.2) is 53.9 Å². The van der Waals surface area contributed by atoms with Crippen LogP contribution >= 0.6 is 11.3 Å². The number of thiazole rings is 1. The minimum absolute atomic E-state index is 0.195. The molecule has 3 aromatic rings. The summed E-state index contributed by atoms with van der Waals surface area (Å²) in [5.41, 5.74) is 3.20. The van der Waals surface area contributed by atoms with Gasteiger partial charge in [0.05, 0.1) is 7.11 Å². The van der Waals surface area contributed by atoms with Gasteiger partial charge >= 0.3 is 5.97 Å². The van der Waals surface area contributed by atoms with E-state index in [1.54, 1.807) is 12.5 Å². The summed E-state index contributed by atoms with van der Waals surface area (Å²) < 4.78 is 10.4. The third kappa shape index (κ3) is 5.42. The Morgan fingerprint density at radius 3 is 2.45 bits per heavy atom. The maximum atomic E-state index is 12.3. The normalized spacial score (nSPS) is 11.6. The van der Waals surface area contributed by atoms with Gasteiger partial charge in [0.1, 0.15) is 10.8 Å². The summed E-state index contributed by atoms with van der Waals surface area (Å²) in [6, 6.07) is 15.2. The number of aryl methyl sites for hydroxylation is 1. The first-order chi connectivity index (χ1) is 14.0. The van der Waals surface area contributed by atoms with Gasteiger partial charge in [0.2, 0.25) is 0 Å². The zero-order valence-corrected chi connectivity index (χ0v) is 17.3. The number of carbonyl (C=O) groups excluding carboxylic acids is 2. The molecule has 0 aliphatic rings. The first-order valence-corrected chi connectivity index (χ1v) is 9.98. The lowest BCUT2D eigenvalue weighted by atomic mass is 10.2. The van der Waals surface area contributed by atoms with Gasteiger partial charge in [-0.05, 0) is 31.5 Å². The van der Waals surface area contributed by atoms with E-state index in [9.17, 15) is 9.59 Å². The molecule has 0 aliphatic heterocycles. The van der Waals surface area contributed by atoms with Gasteiger partial charge in [-0.15, -0.1) is 11.3 Å². The molecule has 0 saturated heterocycles. The third-order valence-electron chi connectivity index (χ3n) is 4.29. The predicted molar refractivity (Wildman–Crippen MR) is 112 cm³/mol. The standard InChI is InChI=1S/C22H22N2O4S/c1-14-4-8-17(9-5-14)21-24-19(13-29-21)22(26)28-15(2)20(25)23-12-16-6-10-18(27-3)11-7-16/h4-11,13,15H,12H2,1-3H3,(H,23,25)/t15-/m0/s1. The maximum Gasteiger partial charge on any atom is 0.358 e. The smallest absolute Gasteiger partial charge is 0.358 e. The van der Waals surface area contributed by atoms with Gasteiger partial charge in [-0.25, -0.2) is 9.78 Å². The van der Waals surface area contributed by atoms with E-state index in [-0.39, 0.29) is 11.6 Å². The molecular formula is C22H22N2O4S. The third-order valence-corrected chi connectivity index (χ3v) is 5.18. The number of esters is 1. The van der Waals surface area contributed by atoms with Crippen LogP contribution in [0.25, 0.3) is 10.6 Å². The molecule has 1 amide bonds. The van der Waals surface area contributed by atoms with E-state index in [0.29, 0.717) is 6.54 Å². The van der Waals surface area contributed by atoms with E-state index in [1.807, 2.05) is 55.5 Å². The van der Waals surface area contributed by atoms with Crippen LogP contribution in [-0.2, 0) is 16.1 Å². The Hall–Kier alpha value is -3.19. The summed E-state index contributed by atoms with van der Waals surface area (Å²) in [7, 11) is 1.60. The lowest BCUT2D eigenvalue weighted by molar-refractivity contribution is -0.129. The Bertz CT molecular complexity index is 981. The summed E-state index contributed by atoms with van der Waals surface area (Å²) in [6.45, 7) is 3.88. The highest BCUT2D eigenvalue weighted by atomic mass is 32.1. The van der Waals surface area contributed by atoms with Crippen molar-refractivity contribution in [3.8, 4) is 16.3 Å². The van der Waals surface area contributed by atoms with Crippen molar-refractivity contribution in [2.24, 2.45) is 0 Å². The number of hydrogen-bond donors (Lipinski definition) is 1. The molecule has 1 atom stereocenters. The molecule has 0 unspecified atom stereocenters. The molecule has 0 fully saturated rings. The van der Waals surface area contributed by atoms with Crippen LogP contribution < -0.4 is 10.1 Å². The Morgan fingerprint density at radius 1 is 1.10 bits per heavy atom. The molecule has 0 bridgehead atoms. The van der Waals surface area contributed by atoms with Crippen LogP contribution in [0.2, 0.25) is 0 Å². The van der Waals surface area contributed by atoms with Crippen LogP contribution in [0.1, 0.15) is 28.5 Å². The van der Waals surface area contributed by atoms with Gasteiger partial charge in [0.15, 0.2) is 11.8 Å². The zero-order chi connectivity index (χ0) is 20.8. The highest BCUT2D eigenvalue weighted by Crippen LogP contribution is 2.24. The largest absolute Gasteiger partial charge is 0.497 e. The van der Waals surface area contributed by atoms with Crippen molar-refractivity contribution >= 4 is 23.2 Å². The van der Waals surface area contributed by atoms with E-state index in [4.69, 9.17) is 9.47 Å². The fourth-order valence-electron chi connectivity index (χ4n) is 2.55. The van der Waals surface area contributed by atoms with Crippen molar-refractivity contribution in [3.05, 3.63) is 70.7 Å². The number of amides is 1. The van der Waals surface area contributed by atoms with Crippen LogP contribution in [0.3, 0.4) is 0 Å². The summed E-state index contributed by atoms with van der Waals surface area (Å²) >= 11 is 1.36. The summed E-state index contributed by atoms with van der Waals surface area (Å²) in [4.78, 5) is 28.9. The minimum Gasteiger partial charge on any atom is -0.497 e. The number of ether oxygens (including phenoxy) is 2. The second-order valence-electron chi connectivity index (χ2n) is 6.52. The van der Waals surface area contributed by atoms with Gasteiger partial charge in [-0.3, -0.25) is 4.79 Å². The topological polar surface area (TPSA) is 77.5 Å². The highest BCUT2D eigenvalue weighted by Gasteiger charge is 2.21. The number of benzene rings is 2. The van der Waals surface area contributed by atoms with Gasteiger partial charge in [-0.2, -0.15) is 0 Å². The fraction of sp³-hybridized carbons (Fsp3) is 0.227. The molecule has 1 heterocycles. The number of rotatable bonds is 7. The van der Waals surface area contributed by atoms with Crippen molar-refractivity contribution in [1.29, 1.82) is 0 Å². The number of aromatic nitrogens is 1. The number of methoxy groups -OCH3 is 1. The predicted octanol–water partition coefficient (Wildman–Crippen LogP) is 3.99. The van der Waals surface area contributed by atoms with E-state index < -0.39 is 12.1 Å². The van der Waals surface area contributed by atoms with Crippen LogP contribution in [0.4, 0.5) is 0 Å². The molecular weight excluding hydrogens is 388 g/mol. The van der Waals surface area contributed by atoms with E-state index >= 15 is 0 Å². The number of nitrogens with one attached hydrogen (secondary N) is 1. The van der Waals surface area contributed by atoms with Gasteiger partial charge in [0.25, 0.3) is 5.91 Å². The first kappa shape index (κ1) is 20.5. The quantitative estimate of drug-likeness (QED) is 0.596. The average Bonchev–Trinajstić information content (AvgIpc) is 3.23. The molecule has 2 aromatic carbocycles. The molecule has 150 valence electrons. The van der Waals surface area contributed by atoms with Crippen LogP contribution in [0.5, 0.6) is 5.75 Å². The molecule has 6 nitrogen and oxygen atoms in total. The molecule has 3 rings (SSSR count). The Morgan fingerprint density at radius 2 is 1.79 bits per heavy atom. The molecule has 0 saturated carbocycles. The van der Waals surface area contributed by atoms with E-state index in [0.717, 1.165) is 27.4 Å².